The van der Waals surface area contributed by atoms with Gasteiger partial charge in [-0.15, -0.1) is 0 Å². The van der Waals surface area contributed by atoms with Gasteiger partial charge in [-0.1, -0.05) is 35.3 Å². The number of benzene rings is 2. The molecule has 4 nitrogen and oxygen atoms in total. The SMILES string of the molecule is COc1cc(/C=C/C(=O)N(C)Cc2cccc(Cl)c2Cl)cc(OC)c1. The summed E-state index contributed by atoms with van der Waals surface area (Å²) in [7, 11) is 4.86. The fraction of sp³-hybridized carbons (Fsp3) is 0.211. The van der Waals surface area contributed by atoms with Gasteiger partial charge >= 0.3 is 0 Å². The van der Waals surface area contributed by atoms with Crippen LogP contribution < -0.4 is 9.47 Å². The number of halogens is 2. The molecule has 0 unspecified atom stereocenters. The number of nitrogens with zero attached hydrogens (tertiary/aromatic N) is 1. The second kappa shape index (κ2) is 8.79. The highest BCUT2D eigenvalue weighted by Gasteiger charge is 2.10. The van der Waals surface area contributed by atoms with Gasteiger partial charge < -0.3 is 14.4 Å². The van der Waals surface area contributed by atoms with Crippen LogP contribution in [0.2, 0.25) is 10.0 Å². The molecular weight excluding hydrogens is 361 g/mol. The van der Waals surface area contributed by atoms with Gasteiger partial charge in [-0.25, -0.2) is 0 Å². The maximum atomic E-state index is 12.3. The monoisotopic (exact) mass is 379 g/mol. The molecule has 6 heteroatoms. The van der Waals surface area contributed by atoms with Gasteiger partial charge in [0.15, 0.2) is 0 Å². The smallest absolute Gasteiger partial charge is 0.246 e. The normalized spacial score (nSPS) is 10.8. The quantitative estimate of drug-likeness (QED) is 0.683. The van der Waals surface area contributed by atoms with Crippen LogP contribution >= 0.6 is 23.2 Å². The Hall–Kier alpha value is -2.17. The molecule has 0 fully saturated rings. The third kappa shape index (κ3) is 5.15. The van der Waals surface area contributed by atoms with E-state index in [2.05, 4.69) is 0 Å². The van der Waals surface area contributed by atoms with Crippen molar-refractivity contribution in [2.24, 2.45) is 0 Å². The van der Waals surface area contributed by atoms with E-state index in [1.54, 1.807) is 50.4 Å². The zero-order chi connectivity index (χ0) is 18.4. The summed E-state index contributed by atoms with van der Waals surface area (Å²) in [6, 6.07) is 10.8. The summed E-state index contributed by atoms with van der Waals surface area (Å²) in [5, 5.41) is 0.935. The molecule has 0 aliphatic rings. The summed E-state index contributed by atoms with van der Waals surface area (Å²) in [6.45, 7) is 0.365. The van der Waals surface area contributed by atoms with E-state index in [9.17, 15) is 4.79 Å². The van der Waals surface area contributed by atoms with Crippen molar-refractivity contribution in [3.05, 3.63) is 63.6 Å². The lowest BCUT2D eigenvalue weighted by molar-refractivity contribution is -0.125. The van der Waals surface area contributed by atoms with Crippen LogP contribution in [-0.4, -0.2) is 32.1 Å². The number of rotatable bonds is 6. The van der Waals surface area contributed by atoms with Crippen LogP contribution in [0.4, 0.5) is 0 Å². The van der Waals surface area contributed by atoms with Gasteiger partial charge in [0.2, 0.25) is 5.91 Å². The van der Waals surface area contributed by atoms with E-state index >= 15 is 0 Å². The van der Waals surface area contributed by atoms with E-state index in [1.165, 1.54) is 6.08 Å². The average Bonchev–Trinajstić information content (AvgIpc) is 2.62. The van der Waals surface area contributed by atoms with Gasteiger partial charge in [0, 0.05) is 25.7 Å². The molecule has 25 heavy (non-hydrogen) atoms. The van der Waals surface area contributed by atoms with Gasteiger partial charge in [0.05, 0.1) is 24.3 Å². The van der Waals surface area contributed by atoms with Crippen molar-refractivity contribution < 1.29 is 14.3 Å². The lowest BCUT2D eigenvalue weighted by atomic mass is 10.1. The molecule has 0 aromatic heterocycles. The molecule has 0 spiro atoms. The molecule has 0 saturated heterocycles. The third-order valence-electron chi connectivity index (χ3n) is 3.61. The number of carbonyl (C=O) groups excluding carboxylic acids is 1. The number of hydrogen-bond acceptors (Lipinski definition) is 3. The summed E-state index contributed by atoms with van der Waals surface area (Å²) < 4.78 is 10.4. The Balaban J connectivity index is 2.10. The number of carbonyl (C=O) groups is 1. The fourth-order valence-corrected chi connectivity index (χ4v) is 2.60. The minimum absolute atomic E-state index is 0.155. The third-order valence-corrected chi connectivity index (χ3v) is 4.47. The largest absolute Gasteiger partial charge is 0.497 e. The predicted octanol–water partition coefficient (Wildman–Crippen LogP) is 4.68. The number of hydrogen-bond donors (Lipinski definition) is 0. The summed E-state index contributed by atoms with van der Waals surface area (Å²) in [6.07, 6.45) is 3.20. The fourth-order valence-electron chi connectivity index (χ4n) is 2.22. The summed E-state index contributed by atoms with van der Waals surface area (Å²) in [4.78, 5) is 13.9. The maximum Gasteiger partial charge on any atom is 0.246 e. The van der Waals surface area contributed by atoms with E-state index in [-0.39, 0.29) is 5.91 Å². The molecule has 2 aromatic carbocycles. The molecular formula is C19H19Cl2NO3. The van der Waals surface area contributed by atoms with Crippen molar-refractivity contribution in [3.8, 4) is 11.5 Å². The lowest BCUT2D eigenvalue weighted by Gasteiger charge is -2.16. The van der Waals surface area contributed by atoms with E-state index in [4.69, 9.17) is 32.7 Å². The molecule has 0 N–H and O–H groups in total. The topological polar surface area (TPSA) is 38.8 Å². The second-order valence-corrected chi connectivity index (χ2v) is 6.17. The maximum absolute atomic E-state index is 12.3. The highest BCUT2D eigenvalue weighted by molar-refractivity contribution is 6.42. The summed E-state index contributed by atoms with van der Waals surface area (Å²) in [5.41, 5.74) is 1.60. The van der Waals surface area contributed by atoms with Gasteiger partial charge in [-0.3, -0.25) is 4.79 Å². The molecule has 0 saturated carbocycles. The van der Waals surface area contributed by atoms with E-state index in [0.717, 1.165) is 11.1 Å². The first-order valence-corrected chi connectivity index (χ1v) is 8.29. The van der Waals surface area contributed by atoms with E-state index in [1.807, 2.05) is 18.2 Å². The number of amides is 1. The number of ether oxygens (including phenoxy) is 2. The standard InChI is InChI=1S/C19H19Cl2NO3/c1-22(12-14-5-4-6-17(20)19(14)21)18(23)8-7-13-9-15(24-2)11-16(10-13)25-3/h4-11H,12H2,1-3H3/b8-7+. The molecule has 2 rings (SSSR count). The Kier molecular flexibility index (Phi) is 6.73. The molecule has 0 heterocycles. The van der Waals surface area contributed by atoms with Crippen LogP contribution in [0.25, 0.3) is 6.08 Å². The molecule has 132 valence electrons. The Labute approximate surface area is 157 Å². The lowest BCUT2D eigenvalue weighted by Crippen LogP contribution is -2.24. The number of likely N-dealkylation sites (N-methyl/N-ethyl adjacent to an activating group) is 1. The van der Waals surface area contributed by atoms with Crippen LogP contribution in [-0.2, 0) is 11.3 Å². The molecule has 0 atom stereocenters. The van der Waals surface area contributed by atoms with Gasteiger partial charge in [-0.05, 0) is 35.4 Å². The Morgan fingerprint density at radius 3 is 2.36 bits per heavy atom. The first-order valence-electron chi connectivity index (χ1n) is 7.53. The first kappa shape index (κ1) is 19.2. The molecule has 0 bridgehead atoms. The van der Waals surface area contributed by atoms with E-state index < -0.39 is 0 Å². The zero-order valence-corrected chi connectivity index (χ0v) is 15.8. The number of methoxy groups -OCH3 is 2. The van der Waals surface area contributed by atoms with Crippen LogP contribution in [0.1, 0.15) is 11.1 Å². The van der Waals surface area contributed by atoms with Crippen molar-refractivity contribution in [3.63, 3.8) is 0 Å². The van der Waals surface area contributed by atoms with Crippen LogP contribution in [0.5, 0.6) is 11.5 Å². The molecule has 0 radical (unpaired) electrons. The highest BCUT2D eigenvalue weighted by Crippen LogP contribution is 2.26. The second-order valence-electron chi connectivity index (χ2n) is 5.39. The Morgan fingerprint density at radius 1 is 1.12 bits per heavy atom. The molecule has 0 aliphatic heterocycles. The van der Waals surface area contributed by atoms with Gasteiger partial charge in [-0.2, -0.15) is 0 Å². The molecule has 2 aromatic rings. The zero-order valence-electron chi connectivity index (χ0n) is 14.3. The van der Waals surface area contributed by atoms with Gasteiger partial charge in [0.1, 0.15) is 11.5 Å². The minimum atomic E-state index is -0.155. The summed E-state index contributed by atoms with van der Waals surface area (Å²) in [5.74, 6) is 1.16. The van der Waals surface area contributed by atoms with Crippen molar-refractivity contribution in [1.29, 1.82) is 0 Å². The summed E-state index contributed by atoms with van der Waals surface area (Å²) >= 11 is 12.2. The Morgan fingerprint density at radius 2 is 1.76 bits per heavy atom. The van der Waals surface area contributed by atoms with Crippen LogP contribution in [0, 0.1) is 0 Å². The van der Waals surface area contributed by atoms with Crippen molar-refractivity contribution in [2.75, 3.05) is 21.3 Å². The van der Waals surface area contributed by atoms with E-state index in [0.29, 0.717) is 28.1 Å². The first-order chi connectivity index (χ1) is 11.9. The molecule has 1 amide bonds. The van der Waals surface area contributed by atoms with Crippen LogP contribution in [0.15, 0.2) is 42.5 Å². The van der Waals surface area contributed by atoms with Crippen molar-refractivity contribution >= 4 is 35.2 Å². The van der Waals surface area contributed by atoms with Crippen LogP contribution in [0.3, 0.4) is 0 Å². The minimum Gasteiger partial charge on any atom is -0.497 e. The predicted molar refractivity (Wildman–Crippen MR) is 102 cm³/mol. The van der Waals surface area contributed by atoms with Crippen molar-refractivity contribution in [2.45, 2.75) is 6.54 Å². The Bertz CT molecular complexity index is 768. The highest BCUT2D eigenvalue weighted by atomic mass is 35.5. The van der Waals surface area contributed by atoms with Gasteiger partial charge in [0.25, 0.3) is 0 Å². The average molecular weight is 380 g/mol. The van der Waals surface area contributed by atoms with Crippen molar-refractivity contribution in [1.82, 2.24) is 4.90 Å². The molecule has 0 aliphatic carbocycles.